The van der Waals surface area contributed by atoms with Gasteiger partial charge in [0.2, 0.25) is 21.8 Å². The van der Waals surface area contributed by atoms with Gasteiger partial charge in [0.05, 0.1) is 22.4 Å². The van der Waals surface area contributed by atoms with Gasteiger partial charge in [0.15, 0.2) is 0 Å². The van der Waals surface area contributed by atoms with Crippen LogP contribution in [0.2, 0.25) is 0 Å². The minimum absolute atomic E-state index is 0.0190. The van der Waals surface area contributed by atoms with E-state index in [1.165, 1.54) is 43.5 Å². The second-order valence-corrected chi connectivity index (χ2v) is 13.9. The summed E-state index contributed by atoms with van der Waals surface area (Å²) in [6, 6.07) is 4.68. The van der Waals surface area contributed by atoms with Crippen LogP contribution in [0.3, 0.4) is 0 Å². The van der Waals surface area contributed by atoms with Gasteiger partial charge < -0.3 is 4.90 Å². The summed E-state index contributed by atoms with van der Waals surface area (Å²) in [5.41, 5.74) is -0.0671. The average Bonchev–Trinajstić information content (AvgIpc) is 3.00. The molecule has 0 radical (unpaired) electrons. The van der Waals surface area contributed by atoms with Crippen molar-refractivity contribution < 1.29 is 22.8 Å². The molecule has 9 heteroatoms. The van der Waals surface area contributed by atoms with Gasteiger partial charge in [-0.3, -0.25) is 14.4 Å². The Hall–Kier alpha value is -2.26. The summed E-state index contributed by atoms with van der Waals surface area (Å²) in [5, 5.41) is 5.21. The molecular formula is C28H37N3O5S. The molecule has 1 aliphatic heterocycles. The zero-order valence-corrected chi connectivity index (χ0v) is 22.1. The van der Waals surface area contributed by atoms with Crippen LogP contribution in [0.5, 0.6) is 0 Å². The second kappa shape index (κ2) is 9.19. The number of carbonyl (C=O) groups is 3. The van der Waals surface area contributed by atoms with Crippen molar-refractivity contribution in [2.24, 2.45) is 28.3 Å². The summed E-state index contributed by atoms with van der Waals surface area (Å²) in [4.78, 5) is 44.6. The highest BCUT2D eigenvalue weighted by atomic mass is 32.2. The number of hydrogen-bond acceptors (Lipinski definition) is 5. The molecule has 1 unspecified atom stereocenters. The summed E-state index contributed by atoms with van der Waals surface area (Å²) in [6.45, 7) is 0. The van der Waals surface area contributed by atoms with Gasteiger partial charge in [-0.2, -0.15) is 0 Å². The first-order valence-electron chi connectivity index (χ1n) is 14.0. The highest BCUT2D eigenvalue weighted by molar-refractivity contribution is 7.89. The average molecular weight is 528 g/mol. The van der Waals surface area contributed by atoms with Crippen molar-refractivity contribution >= 4 is 33.4 Å². The molecule has 2 N–H and O–H groups in total. The number of benzene rings is 1. The maximum atomic E-state index is 14.6. The van der Waals surface area contributed by atoms with Crippen LogP contribution in [-0.2, 0) is 24.4 Å². The molecule has 7 rings (SSSR count). The van der Waals surface area contributed by atoms with Gasteiger partial charge in [0.25, 0.3) is 5.91 Å². The lowest BCUT2D eigenvalue weighted by molar-refractivity contribution is -0.164. The molecular weight excluding hydrogens is 490 g/mol. The molecule has 1 heterocycles. The third kappa shape index (κ3) is 4.42. The smallest absolute Gasteiger partial charge is 0.257 e. The number of amides is 3. The third-order valence-electron chi connectivity index (χ3n) is 9.83. The van der Waals surface area contributed by atoms with Gasteiger partial charge in [0, 0.05) is 6.04 Å². The Morgan fingerprint density at radius 1 is 0.892 bits per heavy atom. The van der Waals surface area contributed by atoms with Crippen molar-refractivity contribution in [3.8, 4) is 0 Å². The molecule has 0 aromatic heterocycles. The molecule has 6 aliphatic rings. The SMILES string of the molecule is NS(=O)(=O)c1ccc(N2C(=O)CC(N(C(=O)C34CC5CC(CC(C5)C3)C4)C3CCCCCC3)C2=O)cc1. The Labute approximate surface area is 219 Å². The van der Waals surface area contributed by atoms with Gasteiger partial charge in [0.1, 0.15) is 6.04 Å². The van der Waals surface area contributed by atoms with Crippen molar-refractivity contribution in [3.63, 3.8) is 0 Å². The summed E-state index contributed by atoms with van der Waals surface area (Å²) < 4.78 is 23.3. The first-order chi connectivity index (χ1) is 17.6. The molecule has 1 aromatic carbocycles. The predicted molar refractivity (Wildman–Crippen MR) is 138 cm³/mol. The van der Waals surface area contributed by atoms with Crippen LogP contribution in [0.4, 0.5) is 5.69 Å². The minimum Gasteiger partial charge on any atom is -0.327 e. The Kier molecular flexibility index (Phi) is 6.22. The number of primary sulfonamides is 1. The van der Waals surface area contributed by atoms with E-state index in [0.717, 1.165) is 62.7 Å². The fourth-order valence-corrected chi connectivity index (χ4v) is 9.15. The van der Waals surface area contributed by atoms with E-state index in [0.29, 0.717) is 23.4 Å². The van der Waals surface area contributed by atoms with Crippen molar-refractivity contribution in [3.05, 3.63) is 24.3 Å². The molecule has 5 saturated carbocycles. The summed E-state index contributed by atoms with van der Waals surface area (Å²) in [5.74, 6) is 1.23. The maximum absolute atomic E-state index is 14.6. The van der Waals surface area contributed by atoms with E-state index in [4.69, 9.17) is 5.14 Å². The maximum Gasteiger partial charge on any atom is 0.257 e. The Balaban J connectivity index is 1.32. The van der Waals surface area contributed by atoms with Crippen LogP contribution >= 0.6 is 0 Å². The van der Waals surface area contributed by atoms with Gasteiger partial charge in [-0.1, -0.05) is 25.7 Å². The largest absolute Gasteiger partial charge is 0.327 e. The van der Waals surface area contributed by atoms with Crippen LogP contribution in [0.1, 0.15) is 83.5 Å². The number of hydrogen-bond donors (Lipinski definition) is 1. The molecule has 3 amide bonds. The second-order valence-electron chi connectivity index (χ2n) is 12.4. The summed E-state index contributed by atoms with van der Waals surface area (Å²) >= 11 is 0. The number of nitrogens with two attached hydrogens (primary N) is 1. The lowest BCUT2D eigenvalue weighted by Gasteiger charge is -2.57. The van der Waals surface area contributed by atoms with Crippen molar-refractivity contribution in [2.75, 3.05) is 4.90 Å². The highest BCUT2D eigenvalue weighted by Gasteiger charge is 2.58. The first kappa shape index (κ1) is 25.0. The molecule has 1 aromatic rings. The first-order valence-corrected chi connectivity index (χ1v) is 15.5. The van der Waals surface area contributed by atoms with E-state index < -0.39 is 16.1 Å². The highest BCUT2D eigenvalue weighted by Crippen LogP contribution is 2.61. The molecule has 200 valence electrons. The normalized spacial score (nSPS) is 34.1. The predicted octanol–water partition coefficient (Wildman–Crippen LogP) is 3.73. The molecule has 6 fully saturated rings. The lowest BCUT2D eigenvalue weighted by Crippen LogP contribution is -2.60. The minimum atomic E-state index is -3.89. The van der Waals surface area contributed by atoms with E-state index in [2.05, 4.69) is 0 Å². The van der Waals surface area contributed by atoms with Gasteiger partial charge in [-0.05, 0) is 93.4 Å². The number of imide groups is 1. The van der Waals surface area contributed by atoms with Crippen LogP contribution in [0.15, 0.2) is 29.2 Å². The van der Waals surface area contributed by atoms with E-state index in [9.17, 15) is 22.8 Å². The fourth-order valence-electron chi connectivity index (χ4n) is 8.63. The summed E-state index contributed by atoms with van der Waals surface area (Å²) in [6.07, 6.45) is 12.5. The Morgan fingerprint density at radius 3 is 1.95 bits per heavy atom. The number of nitrogens with zero attached hydrogens (tertiary/aromatic N) is 2. The molecule has 0 spiro atoms. The quantitative estimate of drug-likeness (QED) is 0.462. The molecule has 8 nitrogen and oxygen atoms in total. The number of sulfonamides is 1. The third-order valence-corrected chi connectivity index (χ3v) is 10.8. The molecule has 37 heavy (non-hydrogen) atoms. The number of anilines is 1. The van der Waals surface area contributed by atoms with Crippen LogP contribution in [0.25, 0.3) is 0 Å². The lowest BCUT2D eigenvalue weighted by atomic mass is 9.49. The van der Waals surface area contributed by atoms with Gasteiger partial charge in [-0.15, -0.1) is 0 Å². The van der Waals surface area contributed by atoms with Crippen molar-refractivity contribution in [2.45, 2.75) is 100 Å². The van der Waals surface area contributed by atoms with E-state index in [1.807, 2.05) is 4.90 Å². The molecule has 1 saturated heterocycles. The van der Waals surface area contributed by atoms with Crippen LogP contribution in [0, 0.1) is 23.2 Å². The topological polar surface area (TPSA) is 118 Å². The monoisotopic (exact) mass is 527 g/mol. The van der Waals surface area contributed by atoms with Crippen LogP contribution in [-0.4, -0.2) is 43.1 Å². The molecule has 1 atom stereocenters. The van der Waals surface area contributed by atoms with Crippen LogP contribution < -0.4 is 10.0 Å². The van der Waals surface area contributed by atoms with E-state index in [-0.39, 0.29) is 40.5 Å². The molecule has 4 bridgehead atoms. The standard InChI is InChI=1S/C28H37N3O5S/c29-37(35,36)23-9-7-22(8-10-23)31-25(32)14-24(26(31)33)30(21-5-3-1-2-4-6-21)27(34)28-15-18-11-19(16-28)13-20(12-18)17-28/h7-10,18-21,24H,1-6,11-17H2,(H2,29,35,36). The van der Waals surface area contributed by atoms with E-state index in [1.54, 1.807) is 0 Å². The Morgan fingerprint density at radius 2 is 1.43 bits per heavy atom. The van der Waals surface area contributed by atoms with Crippen molar-refractivity contribution in [1.29, 1.82) is 0 Å². The molecule has 5 aliphatic carbocycles. The number of carbonyl (C=O) groups excluding carboxylic acids is 3. The van der Waals surface area contributed by atoms with Crippen molar-refractivity contribution in [1.82, 2.24) is 4.90 Å². The van der Waals surface area contributed by atoms with Gasteiger partial charge in [-0.25, -0.2) is 18.5 Å². The zero-order chi connectivity index (χ0) is 25.9. The van der Waals surface area contributed by atoms with E-state index >= 15 is 0 Å². The number of rotatable bonds is 5. The zero-order valence-electron chi connectivity index (χ0n) is 21.3. The fraction of sp³-hybridized carbons (Fsp3) is 0.679. The Bertz CT molecular complexity index is 1170. The summed E-state index contributed by atoms with van der Waals surface area (Å²) in [7, 11) is -3.89. The van der Waals surface area contributed by atoms with Gasteiger partial charge >= 0.3 is 0 Å².